The highest BCUT2D eigenvalue weighted by Crippen LogP contribution is 2.36. The van der Waals surface area contributed by atoms with E-state index in [4.69, 9.17) is 4.74 Å². The molecular formula is C18H16FN3O6S2. The van der Waals surface area contributed by atoms with Crippen molar-refractivity contribution in [3.63, 3.8) is 0 Å². The number of ether oxygens (including phenoxy) is 1. The summed E-state index contributed by atoms with van der Waals surface area (Å²) in [6.45, 7) is 0. The zero-order chi connectivity index (χ0) is 21.9. The minimum Gasteiger partial charge on any atom is -0.494 e. The molecule has 0 atom stereocenters. The predicted octanol–water partition coefficient (Wildman–Crippen LogP) is 3.54. The Morgan fingerprint density at radius 3 is 2.63 bits per heavy atom. The van der Waals surface area contributed by atoms with Crippen molar-refractivity contribution in [1.82, 2.24) is 4.98 Å². The molecule has 12 heteroatoms. The third kappa shape index (κ3) is 4.89. The number of anilines is 1. The fraction of sp³-hybridized carbons (Fsp3) is 0.222. The number of carbonyl (C=O) groups excluding carboxylic acids is 1. The Balaban J connectivity index is 1.64. The fourth-order valence-electron chi connectivity index (χ4n) is 2.66. The van der Waals surface area contributed by atoms with Gasteiger partial charge in [0.25, 0.3) is 5.69 Å². The van der Waals surface area contributed by atoms with Crippen molar-refractivity contribution in [1.29, 1.82) is 0 Å². The number of nitro groups is 1. The Morgan fingerprint density at radius 2 is 2.00 bits per heavy atom. The first kappa shape index (κ1) is 21.6. The summed E-state index contributed by atoms with van der Waals surface area (Å²) in [5.41, 5.74) is 0.217. The average Bonchev–Trinajstić information content (AvgIpc) is 3.09. The number of methoxy groups -OCH3 is 1. The molecule has 0 saturated carbocycles. The number of fused-ring (bicyclic) bond motifs is 1. The van der Waals surface area contributed by atoms with Crippen LogP contribution in [0.5, 0.6) is 5.75 Å². The average molecular weight is 453 g/mol. The number of rotatable bonds is 8. The van der Waals surface area contributed by atoms with E-state index in [2.05, 4.69) is 10.3 Å². The molecule has 0 bridgehead atoms. The molecule has 0 aliphatic heterocycles. The number of non-ortho nitro benzene ring substituents is 1. The van der Waals surface area contributed by atoms with Crippen LogP contribution in [0.1, 0.15) is 12.8 Å². The van der Waals surface area contributed by atoms with Gasteiger partial charge in [0.15, 0.2) is 20.7 Å². The van der Waals surface area contributed by atoms with Crippen LogP contribution in [0.15, 0.2) is 41.3 Å². The molecule has 2 aromatic carbocycles. The molecule has 9 nitrogen and oxygen atoms in total. The molecule has 1 aromatic heterocycles. The third-order valence-corrected chi connectivity index (χ3v) is 6.85. The Morgan fingerprint density at radius 1 is 1.30 bits per heavy atom. The van der Waals surface area contributed by atoms with Gasteiger partial charge in [0.05, 0.1) is 33.4 Å². The molecule has 30 heavy (non-hydrogen) atoms. The lowest BCUT2D eigenvalue weighted by atomic mass is 10.3. The molecule has 3 rings (SSSR count). The molecule has 0 aliphatic carbocycles. The molecule has 1 amide bonds. The van der Waals surface area contributed by atoms with Crippen molar-refractivity contribution in [2.75, 3.05) is 18.2 Å². The number of amides is 1. The standard InChI is InChI=1S/C18H16FN3O6S2/c1-28-14-9-12(22(24)25)10-15-17(14)21-18(29-15)20-16(23)3-2-8-30(26,27)13-6-4-11(19)5-7-13/h4-7,9-10H,2-3,8H2,1H3,(H,20,21,23). The zero-order valence-corrected chi connectivity index (χ0v) is 17.3. The summed E-state index contributed by atoms with van der Waals surface area (Å²) in [6, 6.07) is 7.06. The van der Waals surface area contributed by atoms with Crippen LogP contribution >= 0.6 is 11.3 Å². The zero-order valence-electron chi connectivity index (χ0n) is 15.6. The lowest BCUT2D eigenvalue weighted by molar-refractivity contribution is -0.384. The monoisotopic (exact) mass is 453 g/mol. The summed E-state index contributed by atoms with van der Waals surface area (Å²) in [4.78, 5) is 26.8. The van der Waals surface area contributed by atoms with E-state index >= 15 is 0 Å². The van der Waals surface area contributed by atoms with Crippen molar-refractivity contribution in [2.45, 2.75) is 17.7 Å². The fourth-order valence-corrected chi connectivity index (χ4v) is 4.91. The van der Waals surface area contributed by atoms with E-state index in [0.717, 1.165) is 23.5 Å². The topological polar surface area (TPSA) is 128 Å². The van der Waals surface area contributed by atoms with Crippen LogP contribution in [0.25, 0.3) is 10.2 Å². The van der Waals surface area contributed by atoms with Gasteiger partial charge < -0.3 is 10.1 Å². The number of aromatic nitrogens is 1. The van der Waals surface area contributed by atoms with Gasteiger partial charge in [-0.2, -0.15) is 0 Å². The number of hydrogen-bond acceptors (Lipinski definition) is 8. The van der Waals surface area contributed by atoms with E-state index in [1.165, 1.54) is 31.4 Å². The summed E-state index contributed by atoms with van der Waals surface area (Å²) >= 11 is 1.04. The summed E-state index contributed by atoms with van der Waals surface area (Å²) in [7, 11) is -2.27. The lowest BCUT2D eigenvalue weighted by Gasteiger charge is -2.04. The Bertz CT molecular complexity index is 1210. The molecule has 0 radical (unpaired) electrons. The minimum atomic E-state index is -3.63. The van der Waals surface area contributed by atoms with Gasteiger partial charge in [-0.1, -0.05) is 11.3 Å². The van der Waals surface area contributed by atoms with E-state index < -0.39 is 26.5 Å². The highest BCUT2D eigenvalue weighted by Gasteiger charge is 2.18. The minimum absolute atomic E-state index is 0.0100. The van der Waals surface area contributed by atoms with Crippen molar-refractivity contribution in [3.8, 4) is 5.75 Å². The number of thiazole rings is 1. The Kier molecular flexibility index (Phi) is 6.27. The maximum Gasteiger partial charge on any atom is 0.274 e. The van der Waals surface area contributed by atoms with Crippen molar-refractivity contribution >= 4 is 48.1 Å². The van der Waals surface area contributed by atoms with Gasteiger partial charge in [-0.25, -0.2) is 17.8 Å². The van der Waals surface area contributed by atoms with Crippen molar-refractivity contribution in [2.24, 2.45) is 0 Å². The number of hydrogen-bond donors (Lipinski definition) is 1. The highest BCUT2D eigenvalue weighted by atomic mass is 32.2. The van der Waals surface area contributed by atoms with Crippen molar-refractivity contribution < 1.29 is 27.3 Å². The van der Waals surface area contributed by atoms with E-state index in [1.807, 2.05) is 0 Å². The van der Waals surface area contributed by atoms with Crippen LogP contribution in [0.4, 0.5) is 15.2 Å². The van der Waals surface area contributed by atoms with Crippen LogP contribution in [0.3, 0.4) is 0 Å². The molecule has 0 saturated heterocycles. The smallest absolute Gasteiger partial charge is 0.274 e. The van der Waals surface area contributed by atoms with Gasteiger partial charge in [-0.05, 0) is 30.7 Å². The highest BCUT2D eigenvalue weighted by molar-refractivity contribution is 7.91. The molecule has 3 aromatic rings. The SMILES string of the molecule is COc1cc([N+](=O)[O-])cc2sc(NC(=O)CCCS(=O)(=O)c3ccc(F)cc3)nc12. The summed E-state index contributed by atoms with van der Waals surface area (Å²) in [5, 5.41) is 13.8. The molecule has 0 fully saturated rings. The van der Waals surface area contributed by atoms with Gasteiger partial charge in [0.1, 0.15) is 11.3 Å². The van der Waals surface area contributed by atoms with Gasteiger partial charge in [-0.15, -0.1) is 0 Å². The molecular weight excluding hydrogens is 437 g/mol. The second-order valence-electron chi connectivity index (χ2n) is 6.20. The van der Waals surface area contributed by atoms with E-state index in [9.17, 15) is 27.7 Å². The molecule has 0 aliphatic rings. The maximum atomic E-state index is 12.9. The number of sulfone groups is 1. The van der Waals surface area contributed by atoms with Gasteiger partial charge >= 0.3 is 0 Å². The number of halogens is 1. The molecule has 1 N–H and O–H groups in total. The van der Waals surface area contributed by atoms with E-state index in [-0.39, 0.29) is 40.1 Å². The predicted molar refractivity (Wildman–Crippen MR) is 109 cm³/mol. The van der Waals surface area contributed by atoms with E-state index in [0.29, 0.717) is 10.2 Å². The van der Waals surface area contributed by atoms with Gasteiger partial charge in [0, 0.05) is 12.5 Å². The summed E-state index contributed by atoms with van der Waals surface area (Å²) in [6.07, 6.45) is -0.0150. The number of benzene rings is 2. The number of carbonyl (C=O) groups is 1. The van der Waals surface area contributed by atoms with Gasteiger partial charge in [-0.3, -0.25) is 14.9 Å². The molecule has 0 unspecified atom stereocenters. The summed E-state index contributed by atoms with van der Waals surface area (Å²) in [5.74, 6) is -1.05. The van der Waals surface area contributed by atoms with Crippen LogP contribution in [0.2, 0.25) is 0 Å². The van der Waals surface area contributed by atoms with Crippen LogP contribution in [0, 0.1) is 15.9 Å². The van der Waals surface area contributed by atoms with Gasteiger partial charge in [0.2, 0.25) is 5.91 Å². The number of nitrogens with one attached hydrogen (secondary N) is 1. The second-order valence-corrected chi connectivity index (χ2v) is 9.34. The maximum absolute atomic E-state index is 12.9. The van der Waals surface area contributed by atoms with Crippen LogP contribution in [-0.4, -0.2) is 37.1 Å². The Hall–Kier alpha value is -3.12. The first-order chi connectivity index (χ1) is 14.2. The first-order valence-electron chi connectivity index (χ1n) is 8.61. The number of nitro benzene ring substituents is 1. The second kappa shape index (κ2) is 8.71. The normalized spacial score (nSPS) is 11.4. The molecule has 158 valence electrons. The summed E-state index contributed by atoms with van der Waals surface area (Å²) < 4.78 is 43.0. The Labute approximate surface area is 174 Å². The third-order valence-electron chi connectivity index (χ3n) is 4.11. The van der Waals surface area contributed by atoms with Crippen LogP contribution in [-0.2, 0) is 14.6 Å². The lowest BCUT2D eigenvalue weighted by Crippen LogP contribution is -2.14. The largest absolute Gasteiger partial charge is 0.494 e. The van der Waals surface area contributed by atoms with Crippen LogP contribution < -0.4 is 10.1 Å². The molecule has 1 heterocycles. The first-order valence-corrected chi connectivity index (χ1v) is 11.1. The quantitative estimate of drug-likeness (QED) is 0.314. The van der Waals surface area contributed by atoms with Crippen molar-refractivity contribution in [3.05, 3.63) is 52.3 Å². The van der Waals surface area contributed by atoms with E-state index in [1.54, 1.807) is 0 Å². The number of nitrogens with zero attached hydrogens (tertiary/aromatic N) is 2. The molecule has 0 spiro atoms.